The van der Waals surface area contributed by atoms with Crippen LogP contribution in [0.5, 0.6) is 5.75 Å². The van der Waals surface area contributed by atoms with E-state index in [0.29, 0.717) is 11.6 Å². The van der Waals surface area contributed by atoms with Gasteiger partial charge in [-0.15, -0.1) is 12.4 Å². The second-order valence-electron chi connectivity index (χ2n) is 6.39. The van der Waals surface area contributed by atoms with Crippen LogP contribution in [0.1, 0.15) is 13.8 Å². The van der Waals surface area contributed by atoms with Crippen molar-refractivity contribution in [1.82, 2.24) is 9.80 Å². The maximum Gasteiger partial charge on any atom is 0.137 e. The van der Waals surface area contributed by atoms with Gasteiger partial charge in [0.05, 0.1) is 5.02 Å². The van der Waals surface area contributed by atoms with Crippen LogP contribution >= 0.6 is 24.0 Å². The van der Waals surface area contributed by atoms with Gasteiger partial charge in [0.2, 0.25) is 0 Å². The highest BCUT2D eigenvalue weighted by Gasteiger charge is 2.21. The zero-order chi connectivity index (χ0) is 15.3. The van der Waals surface area contributed by atoms with Gasteiger partial charge in [0, 0.05) is 44.8 Å². The Morgan fingerprint density at radius 2 is 1.73 bits per heavy atom. The molecule has 126 valence electrons. The fourth-order valence-electron chi connectivity index (χ4n) is 2.59. The molecule has 0 aliphatic carbocycles. The van der Waals surface area contributed by atoms with E-state index >= 15 is 0 Å². The topological polar surface area (TPSA) is 41.7 Å². The van der Waals surface area contributed by atoms with Gasteiger partial charge in [-0.25, -0.2) is 0 Å². The fourth-order valence-corrected chi connectivity index (χ4v) is 2.78. The number of rotatable bonds is 6. The summed E-state index contributed by atoms with van der Waals surface area (Å²) in [4.78, 5) is 4.86. The van der Waals surface area contributed by atoms with Crippen LogP contribution < -0.4 is 10.5 Å². The van der Waals surface area contributed by atoms with Crippen molar-refractivity contribution in [3.63, 3.8) is 0 Å². The molecule has 1 heterocycles. The number of nitrogens with two attached hydrogens (primary N) is 1. The molecular formula is C16H27Cl2N3O. The highest BCUT2D eigenvalue weighted by atomic mass is 35.5. The summed E-state index contributed by atoms with van der Waals surface area (Å²) in [5.74, 6) is 0.766. The van der Waals surface area contributed by atoms with Gasteiger partial charge < -0.3 is 10.5 Å². The lowest BCUT2D eigenvalue weighted by Gasteiger charge is -2.37. The van der Waals surface area contributed by atoms with E-state index in [0.717, 1.165) is 45.0 Å². The summed E-state index contributed by atoms with van der Waals surface area (Å²) in [5.41, 5.74) is 5.96. The quantitative estimate of drug-likeness (QED) is 0.858. The highest BCUT2D eigenvalue weighted by molar-refractivity contribution is 6.32. The number of hydrogen-bond acceptors (Lipinski definition) is 4. The van der Waals surface area contributed by atoms with Crippen LogP contribution in [0.25, 0.3) is 0 Å². The molecule has 0 saturated carbocycles. The van der Waals surface area contributed by atoms with Gasteiger partial charge in [0.1, 0.15) is 12.4 Å². The molecule has 0 aromatic heterocycles. The normalized spacial score (nSPS) is 17.1. The Hall–Kier alpha value is -0.520. The molecule has 22 heavy (non-hydrogen) atoms. The smallest absolute Gasteiger partial charge is 0.137 e. The molecular weight excluding hydrogens is 321 g/mol. The second-order valence-corrected chi connectivity index (χ2v) is 6.79. The molecule has 1 fully saturated rings. The summed E-state index contributed by atoms with van der Waals surface area (Å²) in [6, 6.07) is 7.61. The first kappa shape index (κ1) is 19.5. The molecule has 1 aliphatic heterocycles. The molecule has 0 bridgehead atoms. The molecule has 1 aromatic rings. The molecule has 4 nitrogen and oxygen atoms in total. The van der Waals surface area contributed by atoms with Crippen molar-refractivity contribution in [2.75, 3.05) is 45.9 Å². The molecule has 0 unspecified atom stereocenters. The first-order valence-corrected chi connectivity index (χ1v) is 7.93. The van der Waals surface area contributed by atoms with E-state index in [4.69, 9.17) is 22.1 Å². The van der Waals surface area contributed by atoms with Crippen molar-refractivity contribution in [3.05, 3.63) is 29.3 Å². The number of ether oxygens (including phenoxy) is 1. The molecule has 2 N–H and O–H groups in total. The van der Waals surface area contributed by atoms with Crippen molar-refractivity contribution >= 4 is 24.0 Å². The minimum atomic E-state index is -0.116. The third-order valence-corrected chi connectivity index (χ3v) is 3.91. The number of hydrogen-bond donors (Lipinski definition) is 1. The molecule has 2 rings (SSSR count). The minimum Gasteiger partial charge on any atom is -0.491 e. The van der Waals surface area contributed by atoms with Crippen molar-refractivity contribution in [1.29, 1.82) is 0 Å². The van der Waals surface area contributed by atoms with E-state index in [9.17, 15) is 0 Å². The van der Waals surface area contributed by atoms with E-state index in [1.165, 1.54) is 0 Å². The van der Waals surface area contributed by atoms with Crippen LogP contribution in [-0.2, 0) is 0 Å². The minimum absolute atomic E-state index is 0. The maximum absolute atomic E-state index is 6.07. The van der Waals surface area contributed by atoms with Crippen LogP contribution in [0.15, 0.2) is 24.3 Å². The summed E-state index contributed by atoms with van der Waals surface area (Å²) in [7, 11) is 0. The van der Waals surface area contributed by atoms with Crippen LogP contribution in [0.4, 0.5) is 0 Å². The number of nitrogens with zero attached hydrogens (tertiary/aromatic N) is 2. The predicted molar refractivity (Wildman–Crippen MR) is 95.3 cm³/mol. The maximum atomic E-state index is 6.07. The van der Waals surface area contributed by atoms with Gasteiger partial charge >= 0.3 is 0 Å². The van der Waals surface area contributed by atoms with Crippen LogP contribution in [0.3, 0.4) is 0 Å². The lowest BCUT2D eigenvalue weighted by atomic mass is 10.1. The second kappa shape index (κ2) is 8.94. The largest absolute Gasteiger partial charge is 0.491 e. The van der Waals surface area contributed by atoms with E-state index in [2.05, 4.69) is 23.6 Å². The van der Waals surface area contributed by atoms with Crippen molar-refractivity contribution in [3.8, 4) is 5.75 Å². The van der Waals surface area contributed by atoms with E-state index in [1.54, 1.807) is 0 Å². The van der Waals surface area contributed by atoms with Crippen LogP contribution in [0.2, 0.25) is 5.02 Å². The number of piperazine rings is 1. The first-order valence-electron chi connectivity index (χ1n) is 7.55. The lowest BCUT2D eigenvalue weighted by molar-refractivity contribution is 0.104. The molecule has 1 aliphatic rings. The Bertz CT molecular complexity index is 443. The van der Waals surface area contributed by atoms with E-state index in [1.807, 2.05) is 24.3 Å². The van der Waals surface area contributed by atoms with Gasteiger partial charge in [-0.3, -0.25) is 9.80 Å². The average Bonchev–Trinajstić information content (AvgIpc) is 2.41. The third kappa shape index (κ3) is 6.71. The fraction of sp³-hybridized carbons (Fsp3) is 0.625. The van der Waals surface area contributed by atoms with Gasteiger partial charge in [0.25, 0.3) is 0 Å². The van der Waals surface area contributed by atoms with Crippen LogP contribution in [0, 0.1) is 0 Å². The summed E-state index contributed by atoms with van der Waals surface area (Å²) < 4.78 is 5.74. The lowest BCUT2D eigenvalue weighted by Crippen LogP contribution is -2.53. The summed E-state index contributed by atoms with van der Waals surface area (Å²) in [6.07, 6.45) is 0. The van der Waals surface area contributed by atoms with Crippen molar-refractivity contribution < 1.29 is 4.74 Å². The van der Waals surface area contributed by atoms with E-state index in [-0.39, 0.29) is 17.9 Å². The average molecular weight is 348 g/mol. The summed E-state index contributed by atoms with van der Waals surface area (Å²) >= 11 is 6.07. The highest BCUT2D eigenvalue weighted by Crippen LogP contribution is 2.22. The third-order valence-electron chi connectivity index (χ3n) is 3.60. The Labute approximate surface area is 145 Å². The standard InChI is InChI=1S/C16H26ClN3O.ClH/c1-16(2,18)13-20-9-7-19(8-10-20)11-12-21-15-6-4-3-5-14(15)17;/h3-6H,7-13,18H2,1-2H3;1H. The van der Waals surface area contributed by atoms with Gasteiger partial charge in [-0.05, 0) is 26.0 Å². The zero-order valence-electron chi connectivity index (χ0n) is 13.4. The Kier molecular flexibility index (Phi) is 7.94. The van der Waals surface area contributed by atoms with Crippen LogP contribution in [-0.4, -0.2) is 61.2 Å². The van der Waals surface area contributed by atoms with Gasteiger partial charge in [0.15, 0.2) is 0 Å². The molecule has 0 spiro atoms. The number of halogens is 2. The summed E-state index contributed by atoms with van der Waals surface area (Å²) in [6.45, 7) is 11.0. The Balaban J connectivity index is 0.00000242. The molecule has 0 atom stereocenters. The predicted octanol–water partition coefficient (Wildman–Crippen LogP) is 2.50. The SMILES string of the molecule is CC(C)(N)CN1CCN(CCOc2ccccc2Cl)CC1.Cl. The monoisotopic (exact) mass is 347 g/mol. The van der Waals surface area contributed by atoms with Gasteiger partial charge in [-0.1, -0.05) is 23.7 Å². The number of benzene rings is 1. The summed E-state index contributed by atoms with van der Waals surface area (Å²) in [5, 5.41) is 0.674. The molecule has 0 radical (unpaired) electrons. The molecule has 0 amide bonds. The number of para-hydroxylation sites is 1. The molecule has 1 aromatic carbocycles. The Morgan fingerprint density at radius 1 is 1.14 bits per heavy atom. The molecule has 1 saturated heterocycles. The van der Waals surface area contributed by atoms with Gasteiger partial charge in [-0.2, -0.15) is 0 Å². The first-order chi connectivity index (χ1) is 9.94. The Morgan fingerprint density at radius 3 is 2.32 bits per heavy atom. The van der Waals surface area contributed by atoms with Crippen molar-refractivity contribution in [2.24, 2.45) is 5.73 Å². The van der Waals surface area contributed by atoms with Crippen molar-refractivity contribution in [2.45, 2.75) is 19.4 Å². The van der Waals surface area contributed by atoms with E-state index < -0.39 is 0 Å². The molecule has 6 heteroatoms. The zero-order valence-corrected chi connectivity index (χ0v) is 15.0.